The van der Waals surface area contributed by atoms with Gasteiger partial charge in [0.2, 0.25) is 0 Å². The van der Waals surface area contributed by atoms with E-state index in [1.54, 1.807) is 0 Å². The van der Waals surface area contributed by atoms with Crippen molar-refractivity contribution in [2.24, 2.45) is 0 Å². The van der Waals surface area contributed by atoms with Gasteiger partial charge < -0.3 is 9.80 Å². The van der Waals surface area contributed by atoms with E-state index in [4.69, 9.17) is 0 Å². The Morgan fingerprint density at radius 3 is 2.89 bits per heavy atom. The van der Waals surface area contributed by atoms with Gasteiger partial charge in [-0.1, -0.05) is 0 Å². The summed E-state index contributed by atoms with van der Waals surface area (Å²) in [5, 5.41) is 0. The molecule has 4 heteroatoms. The van der Waals surface area contributed by atoms with Crippen molar-refractivity contribution in [3.8, 4) is 0 Å². The van der Waals surface area contributed by atoms with Crippen molar-refractivity contribution >= 4 is 27.9 Å². The average Bonchev–Trinajstić information content (AvgIpc) is 2.76. The molecule has 1 heterocycles. The van der Waals surface area contributed by atoms with E-state index in [-0.39, 0.29) is 0 Å². The lowest BCUT2D eigenvalue weighted by Gasteiger charge is -2.30. The predicted molar refractivity (Wildman–Crippen MR) is 78.5 cm³/mol. The minimum absolute atomic E-state index is 0.568. The van der Waals surface area contributed by atoms with Gasteiger partial charge in [-0.2, -0.15) is 0 Å². The molecular weight excluding hydrogens is 292 g/mol. The van der Waals surface area contributed by atoms with E-state index >= 15 is 0 Å². The van der Waals surface area contributed by atoms with Crippen LogP contribution in [0.15, 0.2) is 22.7 Å². The van der Waals surface area contributed by atoms with Gasteiger partial charge in [0.25, 0.3) is 0 Å². The first-order valence-corrected chi connectivity index (χ1v) is 7.07. The van der Waals surface area contributed by atoms with Crippen LogP contribution < -0.4 is 4.90 Å². The van der Waals surface area contributed by atoms with Crippen LogP contribution in [0.2, 0.25) is 0 Å². The van der Waals surface area contributed by atoms with Gasteiger partial charge in [-0.25, -0.2) is 0 Å². The van der Waals surface area contributed by atoms with Gasteiger partial charge in [0.1, 0.15) is 6.29 Å². The number of nitrogens with zero attached hydrogens (tertiary/aromatic N) is 2. The van der Waals surface area contributed by atoms with Crippen molar-refractivity contribution in [1.82, 2.24) is 4.90 Å². The first kappa shape index (κ1) is 13.6. The molecular formula is C14H19BrN2O. The van der Waals surface area contributed by atoms with E-state index in [1.165, 1.54) is 18.5 Å². The second-order valence-corrected chi connectivity index (χ2v) is 5.93. The molecule has 1 aliphatic rings. The molecule has 1 unspecified atom stereocenters. The van der Waals surface area contributed by atoms with E-state index in [9.17, 15) is 4.79 Å². The maximum atomic E-state index is 10.8. The molecule has 0 aromatic heterocycles. The predicted octanol–water partition coefficient (Wildman–Crippen LogP) is 2.79. The quantitative estimate of drug-likeness (QED) is 0.799. The van der Waals surface area contributed by atoms with Gasteiger partial charge in [-0.05, 0) is 61.1 Å². The molecule has 0 saturated carbocycles. The summed E-state index contributed by atoms with van der Waals surface area (Å²) in [4.78, 5) is 15.4. The molecule has 1 aromatic carbocycles. The van der Waals surface area contributed by atoms with Crippen molar-refractivity contribution in [2.75, 3.05) is 32.1 Å². The minimum atomic E-state index is 0.568. The summed E-state index contributed by atoms with van der Waals surface area (Å²) >= 11 is 3.58. The molecule has 1 atom stereocenters. The molecule has 0 spiro atoms. The van der Waals surface area contributed by atoms with Crippen molar-refractivity contribution in [1.29, 1.82) is 0 Å². The van der Waals surface area contributed by atoms with Crippen LogP contribution in [0.3, 0.4) is 0 Å². The third-order valence-corrected chi connectivity index (χ3v) is 4.01. The van der Waals surface area contributed by atoms with Crippen molar-refractivity contribution in [2.45, 2.75) is 18.9 Å². The molecule has 98 valence electrons. The summed E-state index contributed by atoms with van der Waals surface area (Å²) in [6.45, 7) is 2.17. The number of rotatable bonds is 4. The van der Waals surface area contributed by atoms with E-state index < -0.39 is 0 Å². The van der Waals surface area contributed by atoms with Crippen LogP contribution in [0.1, 0.15) is 23.2 Å². The molecule has 0 radical (unpaired) electrons. The number of anilines is 1. The Bertz CT molecular complexity index is 434. The van der Waals surface area contributed by atoms with Crippen molar-refractivity contribution < 1.29 is 4.79 Å². The monoisotopic (exact) mass is 310 g/mol. The smallest absolute Gasteiger partial charge is 0.150 e. The first-order valence-electron chi connectivity index (χ1n) is 6.28. The summed E-state index contributed by atoms with van der Waals surface area (Å²) < 4.78 is 1.01. The maximum Gasteiger partial charge on any atom is 0.150 e. The fourth-order valence-electron chi connectivity index (χ4n) is 2.59. The summed E-state index contributed by atoms with van der Waals surface area (Å²) in [5.41, 5.74) is 1.92. The van der Waals surface area contributed by atoms with Crippen molar-refractivity contribution in [3.05, 3.63) is 28.2 Å². The molecule has 1 saturated heterocycles. The Balaban J connectivity index is 2.22. The lowest BCUT2D eigenvalue weighted by Crippen LogP contribution is -2.37. The number of hydrogen-bond donors (Lipinski definition) is 0. The van der Waals surface area contributed by atoms with Crippen LogP contribution in [0.4, 0.5) is 5.69 Å². The summed E-state index contributed by atoms with van der Waals surface area (Å²) in [5.74, 6) is 0. The van der Waals surface area contributed by atoms with Crippen LogP contribution in [-0.2, 0) is 0 Å². The Morgan fingerprint density at radius 1 is 1.50 bits per heavy atom. The van der Waals surface area contributed by atoms with E-state index in [0.717, 1.165) is 23.8 Å². The molecule has 2 rings (SSSR count). The summed E-state index contributed by atoms with van der Waals surface area (Å²) in [7, 11) is 4.22. The van der Waals surface area contributed by atoms with Gasteiger partial charge in [0.15, 0.2) is 0 Å². The Hall–Kier alpha value is -0.870. The van der Waals surface area contributed by atoms with E-state index in [0.29, 0.717) is 11.6 Å². The molecule has 1 aliphatic heterocycles. The summed E-state index contributed by atoms with van der Waals surface area (Å²) in [6.07, 6.45) is 3.36. The van der Waals surface area contributed by atoms with Crippen molar-refractivity contribution in [3.63, 3.8) is 0 Å². The highest BCUT2D eigenvalue weighted by molar-refractivity contribution is 9.10. The number of aldehydes is 1. The largest absolute Gasteiger partial charge is 0.366 e. The Morgan fingerprint density at radius 2 is 2.28 bits per heavy atom. The Labute approximate surface area is 117 Å². The van der Waals surface area contributed by atoms with Crippen LogP contribution in [0, 0.1) is 0 Å². The van der Waals surface area contributed by atoms with E-state index in [1.807, 2.05) is 18.2 Å². The van der Waals surface area contributed by atoms with Crippen LogP contribution in [0.5, 0.6) is 0 Å². The highest BCUT2D eigenvalue weighted by Gasteiger charge is 2.26. The zero-order valence-corrected chi connectivity index (χ0v) is 12.5. The molecule has 0 bridgehead atoms. The maximum absolute atomic E-state index is 10.8. The lowest BCUT2D eigenvalue weighted by atomic mass is 10.1. The molecule has 0 N–H and O–H groups in total. The van der Waals surface area contributed by atoms with Crippen LogP contribution in [-0.4, -0.2) is 44.4 Å². The summed E-state index contributed by atoms with van der Waals surface area (Å²) in [6, 6.07) is 6.39. The molecule has 1 fully saturated rings. The molecule has 3 nitrogen and oxygen atoms in total. The van der Waals surface area contributed by atoms with Crippen LogP contribution in [0.25, 0.3) is 0 Å². The molecule has 0 aliphatic carbocycles. The van der Waals surface area contributed by atoms with Gasteiger partial charge in [0.05, 0.1) is 5.69 Å². The molecule has 0 amide bonds. The average molecular weight is 311 g/mol. The van der Waals surface area contributed by atoms with E-state index in [2.05, 4.69) is 39.8 Å². The van der Waals surface area contributed by atoms with Gasteiger partial charge in [0, 0.05) is 29.2 Å². The number of halogens is 1. The van der Waals surface area contributed by atoms with Gasteiger partial charge in [-0.15, -0.1) is 0 Å². The third kappa shape index (κ3) is 2.93. The fourth-order valence-corrected chi connectivity index (χ4v) is 3.22. The number of carbonyl (C=O) groups is 1. The highest BCUT2D eigenvalue weighted by atomic mass is 79.9. The number of carbonyl (C=O) groups excluding carboxylic acids is 1. The highest BCUT2D eigenvalue weighted by Crippen LogP contribution is 2.32. The number of benzene rings is 1. The normalized spacial score (nSPS) is 19.6. The minimum Gasteiger partial charge on any atom is -0.366 e. The first-order chi connectivity index (χ1) is 8.61. The lowest BCUT2D eigenvalue weighted by molar-refractivity contribution is 0.112. The number of likely N-dealkylation sites (N-methyl/N-ethyl adjacent to an activating group) is 1. The SMILES string of the molecule is CN(C)CC1CCCN1c1ccc(C=O)cc1Br. The standard InChI is InChI=1S/C14H19BrN2O/c1-16(2)9-12-4-3-7-17(12)14-6-5-11(10-18)8-13(14)15/h5-6,8,10,12H,3-4,7,9H2,1-2H3. The fraction of sp³-hybridized carbons (Fsp3) is 0.500. The zero-order chi connectivity index (χ0) is 13.1. The second-order valence-electron chi connectivity index (χ2n) is 5.08. The number of hydrogen-bond acceptors (Lipinski definition) is 3. The van der Waals surface area contributed by atoms with Gasteiger partial charge in [-0.3, -0.25) is 4.79 Å². The zero-order valence-electron chi connectivity index (χ0n) is 10.9. The Kier molecular flexibility index (Phi) is 4.40. The molecule has 18 heavy (non-hydrogen) atoms. The van der Waals surface area contributed by atoms with Crippen LogP contribution >= 0.6 is 15.9 Å². The topological polar surface area (TPSA) is 23.6 Å². The third-order valence-electron chi connectivity index (χ3n) is 3.37. The molecule has 1 aromatic rings. The second kappa shape index (κ2) is 5.85. The van der Waals surface area contributed by atoms with Gasteiger partial charge >= 0.3 is 0 Å².